The van der Waals surface area contributed by atoms with Gasteiger partial charge in [-0.25, -0.2) is 8.78 Å². The number of halogens is 8. The lowest BCUT2D eigenvalue weighted by atomic mass is 9.80. The molecule has 1 saturated heterocycles. The first-order valence-corrected chi connectivity index (χ1v) is 10.3. The fourth-order valence-electron chi connectivity index (χ4n) is 3.50. The topological polar surface area (TPSA) is 0 Å². The molecule has 0 spiro atoms. The zero-order valence-electron chi connectivity index (χ0n) is 16.9. The van der Waals surface area contributed by atoms with Gasteiger partial charge in [0.15, 0.2) is 0 Å². The highest BCUT2D eigenvalue weighted by atomic mass is 19.4. The van der Waals surface area contributed by atoms with E-state index >= 15 is 0 Å². The van der Waals surface area contributed by atoms with Crippen LogP contribution in [0.5, 0.6) is 0 Å². The van der Waals surface area contributed by atoms with Crippen molar-refractivity contribution in [3.63, 3.8) is 0 Å². The predicted octanol–water partition coefficient (Wildman–Crippen LogP) is 7.33. The summed E-state index contributed by atoms with van der Waals surface area (Å²) in [6.07, 6.45) is 7.92. The molecule has 1 aliphatic heterocycles. The molecule has 1 nitrogen and oxygen atoms in total. The van der Waals surface area contributed by atoms with E-state index in [1.165, 1.54) is 94.9 Å². The fraction of sp³-hybridized carbons (Fsp3) is 1.00. The summed E-state index contributed by atoms with van der Waals surface area (Å²) in [6.45, 7) is 3.34. The molecule has 28 heavy (non-hydrogen) atoms. The Hall–Kier alpha value is -0.535. The van der Waals surface area contributed by atoms with Crippen LogP contribution < -0.4 is 0 Å². The van der Waals surface area contributed by atoms with E-state index in [0.717, 1.165) is 0 Å². The van der Waals surface area contributed by atoms with Crippen molar-refractivity contribution in [2.75, 3.05) is 26.2 Å². The highest BCUT2D eigenvalue weighted by Gasteiger charge is 2.69. The van der Waals surface area contributed by atoms with Gasteiger partial charge in [-0.3, -0.25) is 0 Å². The minimum Gasteiger partial charge on any atom is -0.445 e. The number of likely N-dealkylation sites (tertiary alicyclic amines) is 1. The van der Waals surface area contributed by atoms with Crippen LogP contribution in [0.25, 0.3) is 0 Å². The largest absolute Gasteiger partial charge is 0.558 e. The standard InChI is InChI=1S/C16H34N.C2BF8/c1-3-5-7-9-13-17(15-11-12-16-17)14-10-8-6-4-2;4-1(5,2(6,7)8)3(9,10)11/h3-16H2,1-2H3;/q+1;-1. The minimum absolute atomic E-state index is 1.37. The quantitative estimate of drug-likeness (QED) is 0.140. The summed E-state index contributed by atoms with van der Waals surface area (Å²) in [4.78, 5) is 0. The highest BCUT2D eigenvalue weighted by Crippen LogP contribution is 2.44. The minimum atomic E-state index is -7.21. The van der Waals surface area contributed by atoms with E-state index in [0.29, 0.717) is 0 Å². The molecule has 10 heteroatoms. The maximum Gasteiger partial charge on any atom is 0.558 e. The maximum absolute atomic E-state index is 11.2. The second-order valence-electron chi connectivity index (χ2n) is 7.76. The third kappa shape index (κ3) is 9.31. The van der Waals surface area contributed by atoms with Crippen LogP contribution >= 0.6 is 0 Å². The van der Waals surface area contributed by atoms with Crippen molar-refractivity contribution < 1.29 is 39.4 Å². The Morgan fingerprint density at radius 1 is 0.679 bits per heavy atom. The Labute approximate surface area is 163 Å². The SMILES string of the molecule is CCCCCC[N+]1(CCCCCC)CCCC1.F[B-](F)(F)C(F)(F)C(F)(F)F. The third-order valence-corrected chi connectivity index (χ3v) is 5.28. The van der Waals surface area contributed by atoms with Crippen LogP contribution in [0.2, 0.25) is 0 Å². The Morgan fingerprint density at radius 2 is 1.07 bits per heavy atom. The molecule has 1 aliphatic rings. The van der Waals surface area contributed by atoms with Gasteiger partial charge in [0.05, 0.1) is 26.2 Å². The average Bonchev–Trinajstić information content (AvgIpc) is 3.03. The van der Waals surface area contributed by atoms with Crippen LogP contribution in [-0.2, 0) is 0 Å². The molecule has 1 heterocycles. The van der Waals surface area contributed by atoms with Crippen LogP contribution in [0.1, 0.15) is 78.1 Å². The number of alkyl halides is 5. The summed E-state index contributed by atoms with van der Waals surface area (Å²) in [6, 6.07) is 0. The number of quaternary nitrogens is 1. The van der Waals surface area contributed by atoms with Crippen molar-refractivity contribution in [1.29, 1.82) is 0 Å². The molecule has 0 aromatic heterocycles. The van der Waals surface area contributed by atoms with Crippen LogP contribution in [0.4, 0.5) is 34.9 Å². The van der Waals surface area contributed by atoms with Crippen molar-refractivity contribution in [3.8, 4) is 0 Å². The van der Waals surface area contributed by atoms with E-state index in [4.69, 9.17) is 0 Å². The Kier molecular flexibility index (Phi) is 12.0. The molecule has 0 bridgehead atoms. The lowest BCUT2D eigenvalue weighted by Crippen LogP contribution is -2.53. The Bertz CT molecular complexity index is 373. The van der Waals surface area contributed by atoms with Crippen LogP contribution in [0, 0.1) is 0 Å². The molecule has 170 valence electrons. The summed E-state index contributed by atoms with van der Waals surface area (Å²) in [5.74, 6) is -6.56. The van der Waals surface area contributed by atoms with Gasteiger partial charge in [-0.05, 0) is 25.7 Å². The molecule has 0 radical (unpaired) electrons. The van der Waals surface area contributed by atoms with Gasteiger partial charge in [0.2, 0.25) is 0 Å². The average molecular weight is 427 g/mol. The molecular formula is C18H34BF8N. The molecule has 1 rings (SSSR count). The van der Waals surface area contributed by atoms with Crippen molar-refractivity contribution in [2.45, 2.75) is 90.1 Å². The fourth-order valence-corrected chi connectivity index (χ4v) is 3.50. The second kappa shape index (κ2) is 12.2. The van der Waals surface area contributed by atoms with Crippen molar-refractivity contribution in [1.82, 2.24) is 0 Å². The zero-order chi connectivity index (χ0) is 21.9. The normalized spacial score (nSPS) is 17.4. The van der Waals surface area contributed by atoms with Crippen LogP contribution in [-0.4, -0.2) is 49.6 Å². The van der Waals surface area contributed by atoms with E-state index in [2.05, 4.69) is 13.8 Å². The van der Waals surface area contributed by atoms with Gasteiger partial charge >= 0.3 is 19.0 Å². The predicted molar refractivity (Wildman–Crippen MR) is 97.3 cm³/mol. The van der Waals surface area contributed by atoms with Gasteiger partial charge < -0.3 is 17.4 Å². The number of hydrogen-bond acceptors (Lipinski definition) is 0. The first kappa shape index (κ1) is 27.5. The maximum atomic E-state index is 11.2. The van der Waals surface area contributed by atoms with E-state index in [9.17, 15) is 34.9 Å². The first-order valence-electron chi connectivity index (χ1n) is 10.3. The zero-order valence-corrected chi connectivity index (χ0v) is 16.9. The van der Waals surface area contributed by atoms with E-state index in [1.54, 1.807) is 0 Å². The van der Waals surface area contributed by atoms with Gasteiger partial charge in [0.1, 0.15) is 0 Å². The number of unbranched alkanes of at least 4 members (excludes halogenated alkanes) is 6. The van der Waals surface area contributed by atoms with Gasteiger partial charge in [-0.1, -0.05) is 39.5 Å². The molecule has 0 aromatic carbocycles. The van der Waals surface area contributed by atoms with Crippen LogP contribution in [0.3, 0.4) is 0 Å². The van der Waals surface area contributed by atoms with E-state index in [-0.39, 0.29) is 0 Å². The van der Waals surface area contributed by atoms with Crippen molar-refractivity contribution in [2.24, 2.45) is 0 Å². The van der Waals surface area contributed by atoms with Gasteiger partial charge in [0.25, 0.3) is 0 Å². The lowest BCUT2D eigenvalue weighted by Gasteiger charge is -2.34. The molecule has 0 aromatic rings. The van der Waals surface area contributed by atoms with Crippen molar-refractivity contribution in [3.05, 3.63) is 0 Å². The smallest absolute Gasteiger partial charge is 0.445 e. The van der Waals surface area contributed by atoms with Gasteiger partial charge in [0, 0.05) is 12.8 Å². The molecule has 0 atom stereocenters. The molecule has 0 unspecified atom stereocenters. The summed E-state index contributed by atoms with van der Waals surface area (Å²) in [5, 5.41) is 0. The van der Waals surface area contributed by atoms with E-state index in [1.807, 2.05) is 0 Å². The first-order chi connectivity index (χ1) is 12.8. The molecular weight excluding hydrogens is 393 g/mol. The Morgan fingerprint density at radius 3 is 1.32 bits per heavy atom. The highest BCUT2D eigenvalue weighted by molar-refractivity contribution is 6.61. The molecule has 0 N–H and O–H groups in total. The monoisotopic (exact) mass is 427 g/mol. The number of hydrogen-bond donors (Lipinski definition) is 0. The van der Waals surface area contributed by atoms with Crippen LogP contribution in [0.15, 0.2) is 0 Å². The summed E-state index contributed by atoms with van der Waals surface area (Å²) >= 11 is 0. The summed E-state index contributed by atoms with van der Waals surface area (Å²) in [5.41, 5.74) is 0. The number of rotatable bonds is 11. The molecule has 0 aliphatic carbocycles. The third-order valence-electron chi connectivity index (χ3n) is 5.28. The van der Waals surface area contributed by atoms with Gasteiger partial charge in [-0.2, -0.15) is 13.2 Å². The van der Waals surface area contributed by atoms with Gasteiger partial charge in [-0.15, -0.1) is 0 Å². The lowest BCUT2D eigenvalue weighted by molar-refractivity contribution is -0.917. The van der Waals surface area contributed by atoms with E-state index < -0.39 is 19.0 Å². The van der Waals surface area contributed by atoms with Crippen molar-refractivity contribution >= 4 is 6.98 Å². The second-order valence-corrected chi connectivity index (χ2v) is 7.76. The number of nitrogens with zero attached hydrogens (tertiary/aromatic N) is 1. The molecule has 1 fully saturated rings. The summed E-state index contributed by atoms with van der Waals surface area (Å²) in [7, 11) is 0. The molecule has 0 saturated carbocycles. The molecule has 0 amide bonds. The Balaban J connectivity index is 0.000000576. The summed E-state index contributed by atoms with van der Waals surface area (Å²) < 4.78 is 89.3.